The molecule has 1 amide bonds. The van der Waals surface area contributed by atoms with Crippen LogP contribution in [0, 0.1) is 11.7 Å². The fourth-order valence-electron chi connectivity index (χ4n) is 2.20. The standard InChI is InChI=1S/C16H22FNO3/c1-4-9-16(3,15(20)21)18-14(19)11(2)10-12-7-5-6-8-13(12)17/h5-8,11H,4,9-10H2,1-3H3,(H,18,19)(H,20,21). The van der Waals surface area contributed by atoms with E-state index in [0.717, 1.165) is 0 Å². The van der Waals surface area contributed by atoms with Crippen molar-refractivity contribution in [1.29, 1.82) is 0 Å². The van der Waals surface area contributed by atoms with E-state index in [9.17, 15) is 19.1 Å². The highest BCUT2D eigenvalue weighted by molar-refractivity contribution is 5.87. The van der Waals surface area contributed by atoms with Crippen molar-refractivity contribution in [1.82, 2.24) is 5.32 Å². The smallest absolute Gasteiger partial charge is 0.329 e. The third kappa shape index (κ3) is 4.55. The van der Waals surface area contributed by atoms with Gasteiger partial charge in [0.25, 0.3) is 0 Å². The van der Waals surface area contributed by atoms with Gasteiger partial charge in [0.15, 0.2) is 0 Å². The summed E-state index contributed by atoms with van der Waals surface area (Å²) < 4.78 is 13.6. The minimum absolute atomic E-state index is 0.236. The molecule has 0 aliphatic rings. The van der Waals surface area contributed by atoms with Gasteiger partial charge < -0.3 is 10.4 Å². The van der Waals surface area contributed by atoms with Crippen molar-refractivity contribution < 1.29 is 19.1 Å². The van der Waals surface area contributed by atoms with E-state index in [1.165, 1.54) is 13.0 Å². The summed E-state index contributed by atoms with van der Waals surface area (Å²) in [5, 5.41) is 11.8. The lowest BCUT2D eigenvalue weighted by Crippen LogP contribution is -2.53. The lowest BCUT2D eigenvalue weighted by Gasteiger charge is -2.27. The van der Waals surface area contributed by atoms with Gasteiger partial charge in [-0.25, -0.2) is 9.18 Å². The molecule has 5 heteroatoms. The minimum Gasteiger partial charge on any atom is -0.480 e. The molecule has 1 aromatic carbocycles. The Balaban J connectivity index is 2.74. The number of carboxylic acid groups (broad SMARTS) is 1. The molecular formula is C16H22FNO3. The Morgan fingerprint density at radius 2 is 2.00 bits per heavy atom. The number of halogens is 1. The van der Waals surface area contributed by atoms with Crippen molar-refractivity contribution in [2.45, 2.75) is 45.6 Å². The average molecular weight is 295 g/mol. The molecule has 0 aromatic heterocycles. The SMILES string of the molecule is CCCC(C)(NC(=O)C(C)Cc1ccccc1F)C(=O)O. The third-order valence-corrected chi connectivity index (χ3v) is 3.55. The van der Waals surface area contributed by atoms with Gasteiger partial charge in [0.05, 0.1) is 0 Å². The fourth-order valence-corrected chi connectivity index (χ4v) is 2.20. The Labute approximate surface area is 124 Å². The zero-order valence-electron chi connectivity index (χ0n) is 12.6. The molecule has 0 aliphatic heterocycles. The summed E-state index contributed by atoms with van der Waals surface area (Å²) in [7, 11) is 0. The molecule has 21 heavy (non-hydrogen) atoms. The predicted octanol–water partition coefficient (Wildman–Crippen LogP) is 2.76. The van der Waals surface area contributed by atoms with Crippen LogP contribution in [0.15, 0.2) is 24.3 Å². The van der Waals surface area contributed by atoms with Crippen LogP contribution in [0.4, 0.5) is 4.39 Å². The molecule has 0 aliphatic carbocycles. The first-order valence-corrected chi connectivity index (χ1v) is 7.09. The highest BCUT2D eigenvalue weighted by Gasteiger charge is 2.34. The first kappa shape index (κ1) is 17.1. The second-order valence-corrected chi connectivity index (χ2v) is 5.57. The number of benzene rings is 1. The van der Waals surface area contributed by atoms with Gasteiger partial charge >= 0.3 is 5.97 Å². The highest BCUT2D eigenvalue weighted by atomic mass is 19.1. The van der Waals surface area contributed by atoms with Crippen molar-refractivity contribution in [3.05, 3.63) is 35.6 Å². The van der Waals surface area contributed by atoms with Gasteiger partial charge in [-0.3, -0.25) is 4.79 Å². The quantitative estimate of drug-likeness (QED) is 0.813. The summed E-state index contributed by atoms with van der Waals surface area (Å²) in [6.45, 7) is 5.01. The molecule has 0 saturated carbocycles. The van der Waals surface area contributed by atoms with E-state index < -0.39 is 17.4 Å². The van der Waals surface area contributed by atoms with Crippen LogP contribution >= 0.6 is 0 Å². The molecular weight excluding hydrogens is 273 g/mol. The van der Waals surface area contributed by atoms with Crippen molar-refractivity contribution in [2.24, 2.45) is 5.92 Å². The number of hydrogen-bond acceptors (Lipinski definition) is 2. The van der Waals surface area contributed by atoms with E-state index in [0.29, 0.717) is 18.4 Å². The minimum atomic E-state index is -1.28. The Kier molecular flexibility index (Phi) is 5.88. The second kappa shape index (κ2) is 7.20. The van der Waals surface area contributed by atoms with E-state index in [1.807, 2.05) is 6.92 Å². The first-order valence-electron chi connectivity index (χ1n) is 7.09. The van der Waals surface area contributed by atoms with Gasteiger partial charge in [-0.15, -0.1) is 0 Å². The van der Waals surface area contributed by atoms with Crippen LogP contribution in [0.1, 0.15) is 39.2 Å². The topological polar surface area (TPSA) is 66.4 Å². The Morgan fingerprint density at radius 3 is 2.52 bits per heavy atom. The van der Waals surface area contributed by atoms with Crippen molar-refractivity contribution in [3.8, 4) is 0 Å². The van der Waals surface area contributed by atoms with Gasteiger partial charge in [-0.1, -0.05) is 38.5 Å². The Hall–Kier alpha value is -1.91. The molecule has 1 rings (SSSR count). The lowest BCUT2D eigenvalue weighted by atomic mass is 9.93. The van der Waals surface area contributed by atoms with Gasteiger partial charge in [0.1, 0.15) is 11.4 Å². The molecule has 2 unspecified atom stereocenters. The molecule has 0 radical (unpaired) electrons. The molecule has 4 nitrogen and oxygen atoms in total. The normalized spacial score (nSPS) is 15.0. The van der Waals surface area contributed by atoms with Crippen LogP contribution < -0.4 is 5.32 Å². The Bertz CT molecular complexity index is 518. The first-order chi connectivity index (χ1) is 9.80. The summed E-state index contributed by atoms with van der Waals surface area (Å²) >= 11 is 0. The molecule has 1 aromatic rings. The number of nitrogens with one attached hydrogen (secondary N) is 1. The maximum atomic E-state index is 13.6. The summed E-state index contributed by atoms with van der Waals surface area (Å²) in [6.07, 6.45) is 1.23. The molecule has 116 valence electrons. The van der Waals surface area contributed by atoms with Crippen molar-refractivity contribution >= 4 is 11.9 Å². The van der Waals surface area contributed by atoms with E-state index in [2.05, 4.69) is 5.32 Å². The maximum absolute atomic E-state index is 13.6. The Morgan fingerprint density at radius 1 is 1.38 bits per heavy atom. The molecule has 2 atom stereocenters. The summed E-state index contributed by atoms with van der Waals surface area (Å²) in [6, 6.07) is 6.27. The molecule has 0 spiro atoms. The molecule has 0 heterocycles. The number of hydrogen-bond donors (Lipinski definition) is 2. The van der Waals surface area contributed by atoms with Crippen molar-refractivity contribution in [2.75, 3.05) is 0 Å². The number of aliphatic carboxylic acids is 1. The molecule has 0 bridgehead atoms. The largest absolute Gasteiger partial charge is 0.480 e. The molecule has 0 saturated heterocycles. The van der Waals surface area contributed by atoms with E-state index in [1.54, 1.807) is 25.1 Å². The average Bonchev–Trinajstić information content (AvgIpc) is 2.41. The second-order valence-electron chi connectivity index (χ2n) is 5.57. The zero-order chi connectivity index (χ0) is 16.0. The number of carbonyl (C=O) groups is 2. The van der Waals surface area contributed by atoms with Crippen LogP contribution in [0.2, 0.25) is 0 Å². The lowest BCUT2D eigenvalue weighted by molar-refractivity contribution is -0.147. The van der Waals surface area contributed by atoms with E-state index >= 15 is 0 Å². The predicted molar refractivity (Wildman–Crippen MR) is 78.4 cm³/mol. The number of amides is 1. The van der Waals surface area contributed by atoms with Gasteiger partial charge in [0.2, 0.25) is 5.91 Å². The zero-order valence-corrected chi connectivity index (χ0v) is 12.6. The number of rotatable bonds is 7. The van der Waals surface area contributed by atoms with Gasteiger partial charge in [-0.2, -0.15) is 0 Å². The molecule has 0 fully saturated rings. The monoisotopic (exact) mass is 295 g/mol. The van der Waals surface area contributed by atoms with E-state index in [-0.39, 0.29) is 18.1 Å². The summed E-state index contributed by atoms with van der Waals surface area (Å²) in [5.74, 6) is -2.29. The number of carboxylic acids is 1. The molecule has 2 N–H and O–H groups in total. The summed E-state index contributed by atoms with van der Waals surface area (Å²) in [5.41, 5.74) is -0.831. The van der Waals surface area contributed by atoms with Crippen molar-refractivity contribution in [3.63, 3.8) is 0 Å². The summed E-state index contributed by atoms with van der Waals surface area (Å²) in [4.78, 5) is 23.5. The van der Waals surface area contributed by atoms with E-state index in [4.69, 9.17) is 0 Å². The maximum Gasteiger partial charge on any atom is 0.329 e. The number of carbonyl (C=O) groups excluding carboxylic acids is 1. The highest BCUT2D eigenvalue weighted by Crippen LogP contribution is 2.17. The fraction of sp³-hybridized carbons (Fsp3) is 0.500. The van der Waals surface area contributed by atoms with Crippen LogP contribution in [-0.4, -0.2) is 22.5 Å². The van der Waals surface area contributed by atoms with Crippen LogP contribution in [0.3, 0.4) is 0 Å². The van der Waals surface area contributed by atoms with Gasteiger partial charge in [0, 0.05) is 5.92 Å². The van der Waals surface area contributed by atoms with Crippen LogP contribution in [0.25, 0.3) is 0 Å². The third-order valence-electron chi connectivity index (χ3n) is 3.55. The van der Waals surface area contributed by atoms with Crippen LogP contribution in [-0.2, 0) is 16.0 Å². The van der Waals surface area contributed by atoms with Crippen LogP contribution in [0.5, 0.6) is 0 Å². The van der Waals surface area contributed by atoms with Gasteiger partial charge in [-0.05, 0) is 31.4 Å².